The Kier molecular flexibility index (Phi) is 3.96. The summed E-state index contributed by atoms with van der Waals surface area (Å²) < 4.78 is 1.22. The number of nitriles is 1. The smallest absolute Gasteiger partial charge is 0.0991 e. The van der Waals surface area contributed by atoms with Gasteiger partial charge in [0.2, 0.25) is 0 Å². The minimum absolute atomic E-state index is 0.217. The summed E-state index contributed by atoms with van der Waals surface area (Å²) in [6.07, 6.45) is 1.93. The molecule has 3 nitrogen and oxygen atoms in total. The minimum atomic E-state index is 0.217. The van der Waals surface area contributed by atoms with Gasteiger partial charge >= 0.3 is 0 Å². The second-order valence-electron chi connectivity index (χ2n) is 4.99. The molecule has 0 radical (unpaired) electrons. The van der Waals surface area contributed by atoms with Crippen molar-refractivity contribution >= 4 is 21.6 Å². The predicted octanol–water partition coefficient (Wildman–Crippen LogP) is 4.02. The van der Waals surface area contributed by atoms with Gasteiger partial charge in [0, 0.05) is 18.8 Å². The molecule has 0 saturated heterocycles. The average Bonchev–Trinajstić information content (AvgIpc) is 3.00. The predicted molar refractivity (Wildman–Crippen MR) is 86.0 cm³/mol. The molecule has 0 aliphatic rings. The Labute approximate surface area is 127 Å². The Morgan fingerprint density at radius 1 is 1.33 bits per heavy atom. The third kappa shape index (κ3) is 3.10. The Hall–Kier alpha value is -2.22. The number of benzene rings is 1. The summed E-state index contributed by atoms with van der Waals surface area (Å²) >= 11 is 1.71. The number of fused-ring (bicyclic) bond motifs is 1. The van der Waals surface area contributed by atoms with E-state index in [1.54, 1.807) is 11.3 Å². The molecule has 0 spiro atoms. The molecule has 3 rings (SSSR count). The number of hydrogen-bond donors (Lipinski definition) is 1. The standard InChI is InChI=1S/C17H15N3S/c1-12(15-8-17-16(20-11-15)5-6-21-17)19-10-14-4-2-3-13(7-14)9-18/h2-8,11-12,19H,10H2,1H3. The number of aromatic nitrogens is 1. The van der Waals surface area contributed by atoms with Crippen LogP contribution in [0, 0.1) is 11.3 Å². The van der Waals surface area contributed by atoms with Gasteiger partial charge in [-0.15, -0.1) is 11.3 Å². The van der Waals surface area contributed by atoms with Gasteiger partial charge in [-0.1, -0.05) is 12.1 Å². The van der Waals surface area contributed by atoms with Crippen molar-refractivity contribution in [1.29, 1.82) is 5.26 Å². The third-order valence-corrected chi connectivity index (χ3v) is 4.35. The van der Waals surface area contributed by atoms with Gasteiger partial charge in [0.15, 0.2) is 0 Å². The van der Waals surface area contributed by atoms with Gasteiger partial charge in [0.25, 0.3) is 0 Å². The van der Waals surface area contributed by atoms with E-state index in [2.05, 4.69) is 34.7 Å². The van der Waals surface area contributed by atoms with Crippen LogP contribution >= 0.6 is 11.3 Å². The van der Waals surface area contributed by atoms with E-state index in [0.717, 1.165) is 17.6 Å². The zero-order valence-corrected chi connectivity index (χ0v) is 12.5. The Bertz CT molecular complexity index is 801. The Morgan fingerprint density at radius 2 is 2.24 bits per heavy atom. The van der Waals surface area contributed by atoms with E-state index in [1.165, 1.54) is 10.3 Å². The zero-order valence-electron chi connectivity index (χ0n) is 11.7. The van der Waals surface area contributed by atoms with Crippen LogP contribution in [0.25, 0.3) is 10.2 Å². The van der Waals surface area contributed by atoms with Crippen molar-refractivity contribution in [2.75, 3.05) is 0 Å². The quantitative estimate of drug-likeness (QED) is 0.790. The molecule has 104 valence electrons. The van der Waals surface area contributed by atoms with Crippen molar-refractivity contribution in [2.45, 2.75) is 19.5 Å². The maximum atomic E-state index is 8.92. The third-order valence-electron chi connectivity index (χ3n) is 3.49. The molecular weight excluding hydrogens is 278 g/mol. The van der Waals surface area contributed by atoms with Crippen LogP contribution in [0.1, 0.15) is 29.7 Å². The summed E-state index contributed by atoms with van der Waals surface area (Å²) in [6, 6.07) is 14.3. The summed E-state index contributed by atoms with van der Waals surface area (Å²) in [6.45, 7) is 2.86. The van der Waals surface area contributed by atoms with Crippen LogP contribution in [-0.4, -0.2) is 4.98 Å². The van der Waals surface area contributed by atoms with Gasteiger partial charge in [-0.3, -0.25) is 4.98 Å². The van der Waals surface area contributed by atoms with Gasteiger partial charge in [0.1, 0.15) is 0 Å². The van der Waals surface area contributed by atoms with Crippen molar-refractivity contribution in [1.82, 2.24) is 10.3 Å². The van der Waals surface area contributed by atoms with Crippen LogP contribution in [0.5, 0.6) is 0 Å². The highest BCUT2D eigenvalue weighted by Gasteiger charge is 2.07. The average molecular weight is 293 g/mol. The molecule has 4 heteroatoms. The van der Waals surface area contributed by atoms with Crippen molar-refractivity contribution in [3.05, 3.63) is 64.7 Å². The fourth-order valence-corrected chi connectivity index (χ4v) is 3.03. The highest BCUT2D eigenvalue weighted by Crippen LogP contribution is 2.22. The molecule has 0 aliphatic carbocycles. The van der Waals surface area contributed by atoms with Crippen molar-refractivity contribution in [2.24, 2.45) is 0 Å². The second-order valence-corrected chi connectivity index (χ2v) is 5.94. The largest absolute Gasteiger partial charge is 0.306 e. The summed E-state index contributed by atoms with van der Waals surface area (Å²) in [5.41, 5.74) is 4.05. The SMILES string of the molecule is CC(NCc1cccc(C#N)c1)c1cnc2ccsc2c1. The van der Waals surface area contributed by atoms with Gasteiger partial charge < -0.3 is 5.32 Å². The normalized spacial score (nSPS) is 12.2. The first-order valence-corrected chi connectivity index (χ1v) is 7.70. The molecule has 1 aromatic carbocycles. The van der Waals surface area contributed by atoms with Gasteiger partial charge in [-0.05, 0) is 47.7 Å². The number of nitrogens with zero attached hydrogens (tertiary/aromatic N) is 2. The van der Waals surface area contributed by atoms with Gasteiger partial charge in [-0.25, -0.2) is 0 Å². The number of thiophene rings is 1. The van der Waals surface area contributed by atoms with E-state index in [0.29, 0.717) is 5.56 Å². The maximum absolute atomic E-state index is 8.92. The lowest BCUT2D eigenvalue weighted by Gasteiger charge is -2.14. The molecule has 1 unspecified atom stereocenters. The first kappa shape index (κ1) is 13.7. The number of hydrogen-bond acceptors (Lipinski definition) is 4. The molecule has 0 bridgehead atoms. The van der Waals surface area contributed by atoms with E-state index in [-0.39, 0.29) is 6.04 Å². The topological polar surface area (TPSA) is 48.7 Å². The molecule has 2 heterocycles. The maximum Gasteiger partial charge on any atom is 0.0991 e. The fraction of sp³-hybridized carbons (Fsp3) is 0.176. The Morgan fingerprint density at radius 3 is 3.10 bits per heavy atom. The molecule has 0 fully saturated rings. The highest BCUT2D eigenvalue weighted by atomic mass is 32.1. The van der Waals surface area contributed by atoms with E-state index in [9.17, 15) is 0 Å². The lowest BCUT2D eigenvalue weighted by molar-refractivity contribution is 0.574. The van der Waals surface area contributed by atoms with E-state index in [4.69, 9.17) is 5.26 Å². The molecule has 2 aromatic heterocycles. The summed E-state index contributed by atoms with van der Waals surface area (Å²) in [5.74, 6) is 0. The van der Waals surface area contributed by atoms with E-state index >= 15 is 0 Å². The van der Waals surface area contributed by atoms with Crippen LogP contribution in [0.2, 0.25) is 0 Å². The first-order valence-electron chi connectivity index (χ1n) is 6.82. The summed E-state index contributed by atoms with van der Waals surface area (Å²) in [5, 5.41) is 14.5. The summed E-state index contributed by atoms with van der Waals surface area (Å²) in [7, 11) is 0. The molecule has 1 atom stereocenters. The van der Waals surface area contributed by atoms with Crippen molar-refractivity contribution < 1.29 is 0 Å². The number of nitrogens with one attached hydrogen (secondary N) is 1. The molecule has 3 aromatic rings. The van der Waals surface area contributed by atoms with Gasteiger partial charge in [0.05, 0.1) is 21.8 Å². The molecule has 0 saturated carbocycles. The van der Waals surface area contributed by atoms with Crippen LogP contribution < -0.4 is 5.32 Å². The zero-order chi connectivity index (χ0) is 14.7. The van der Waals surface area contributed by atoms with Crippen LogP contribution in [0.15, 0.2) is 48.0 Å². The van der Waals surface area contributed by atoms with Gasteiger partial charge in [-0.2, -0.15) is 5.26 Å². The Balaban J connectivity index is 1.70. The highest BCUT2D eigenvalue weighted by molar-refractivity contribution is 7.17. The fourth-order valence-electron chi connectivity index (χ4n) is 2.24. The first-order chi connectivity index (χ1) is 10.3. The molecular formula is C17H15N3S. The van der Waals surface area contributed by atoms with Crippen LogP contribution in [0.4, 0.5) is 0 Å². The molecule has 0 aliphatic heterocycles. The van der Waals surface area contributed by atoms with Crippen molar-refractivity contribution in [3.8, 4) is 6.07 Å². The number of rotatable bonds is 4. The lowest BCUT2D eigenvalue weighted by Crippen LogP contribution is -2.18. The van der Waals surface area contributed by atoms with E-state index < -0.39 is 0 Å². The molecule has 0 amide bonds. The second kappa shape index (κ2) is 6.04. The molecule has 1 N–H and O–H groups in total. The van der Waals surface area contributed by atoms with E-state index in [1.807, 2.05) is 36.5 Å². The lowest BCUT2D eigenvalue weighted by atomic mass is 10.1. The van der Waals surface area contributed by atoms with Crippen molar-refractivity contribution in [3.63, 3.8) is 0 Å². The van der Waals surface area contributed by atoms with Crippen LogP contribution in [0.3, 0.4) is 0 Å². The monoisotopic (exact) mass is 293 g/mol. The summed E-state index contributed by atoms with van der Waals surface area (Å²) in [4.78, 5) is 4.47. The molecule has 21 heavy (non-hydrogen) atoms. The minimum Gasteiger partial charge on any atom is -0.306 e. The number of pyridine rings is 1. The van der Waals surface area contributed by atoms with Crippen LogP contribution in [-0.2, 0) is 6.54 Å².